The largest absolute Gasteiger partial charge is 0.298 e. The van der Waals surface area contributed by atoms with E-state index in [1.165, 1.54) is 37.1 Å². The fourth-order valence-corrected chi connectivity index (χ4v) is 3.83. The number of benzene rings is 1. The Bertz CT molecular complexity index is 611. The maximum absolute atomic E-state index is 4.26. The summed E-state index contributed by atoms with van der Waals surface area (Å²) in [6.07, 6.45) is 11.1. The van der Waals surface area contributed by atoms with E-state index in [-0.39, 0.29) is 0 Å². The summed E-state index contributed by atoms with van der Waals surface area (Å²) < 4.78 is 1.97. The summed E-state index contributed by atoms with van der Waals surface area (Å²) in [5.74, 6) is 1.79. The zero-order valence-corrected chi connectivity index (χ0v) is 12.9. The second kappa shape index (κ2) is 6.09. The smallest absolute Gasteiger partial charge is 0.0659 e. The van der Waals surface area contributed by atoms with Gasteiger partial charge in [-0.15, -0.1) is 0 Å². The summed E-state index contributed by atoms with van der Waals surface area (Å²) in [4.78, 5) is 2.63. The number of nitrogens with zero attached hydrogens (tertiary/aromatic N) is 3. The van der Waals surface area contributed by atoms with E-state index < -0.39 is 0 Å². The Kier molecular flexibility index (Phi) is 3.81. The molecule has 2 aliphatic rings. The number of rotatable bonds is 4. The van der Waals surface area contributed by atoms with Crippen LogP contribution in [0.2, 0.25) is 0 Å². The molecule has 3 heteroatoms. The third-order valence-electron chi connectivity index (χ3n) is 5.03. The van der Waals surface area contributed by atoms with Crippen molar-refractivity contribution in [2.24, 2.45) is 11.8 Å². The summed E-state index contributed by atoms with van der Waals surface area (Å²) in [5, 5.41) is 4.26. The molecule has 1 aliphatic carbocycles. The van der Waals surface area contributed by atoms with Crippen LogP contribution in [-0.4, -0.2) is 27.8 Å². The maximum atomic E-state index is 4.26. The molecule has 0 saturated carbocycles. The van der Waals surface area contributed by atoms with Gasteiger partial charge in [-0.1, -0.05) is 36.4 Å². The van der Waals surface area contributed by atoms with E-state index in [4.69, 9.17) is 0 Å². The number of likely N-dealkylation sites (tertiary alicyclic amines) is 1. The highest BCUT2D eigenvalue weighted by Crippen LogP contribution is 2.33. The summed E-state index contributed by atoms with van der Waals surface area (Å²) in [6.45, 7) is 4.48. The number of aromatic nitrogens is 2. The van der Waals surface area contributed by atoms with Crippen LogP contribution >= 0.6 is 0 Å². The first kappa shape index (κ1) is 13.8. The zero-order chi connectivity index (χ0) is 14.8. The van der Waals surface area contributed by atoms with E-state index in [0.717, 1.165) is 24.9 Å². The number of hydrogen-bond acceptors (Lipinski definition) is 2. The molecule has 0 radical (unpaired) electrons. The van der Waals surface area contributed by atoms with Crippen molar-refractivity contribution < 1.29 is 0 Å². The van der Waals surface area contributed by atoms with E-state index in [9.17, 15) is 0 Å². The predicted molar refractivity (Wildman–Crippen MR) is 88.4 cm³/mol. The van der Waals surface area contributed by atoms with Gasteiger partial charge in [-0.3, -0.25) is 9.58 Å². The SMILES string of the molecule is C1=CC[C@H]2CN(Cc3ccc(Cn4cccn4)cc3)C[C@H]2C1. The van der Waals surface area contributed by atoms with Crippen LogP contribution in [0.3, 0.4) is 0 Å². The minimum absolute atomic E-state index is 0.854. The number of fused-ring (bicyclic) bond motifs is 1. The fraction of sp³-hybridized carbons (Fsp3) is 0.421. The maximum Gasteiger partial charge on any atom is 0.0659 e. The molecule has 0 bridgehead atoms. The predicted octanol–water partition coefficient (Wildman–Crippen LogP) is 3.33. The first-order valence-corrected chi connectivity index (χ1v) is 8.29. The highest BCUT2D eigenvalue weighted by Gasteiger charge is 2.32. The van der Waals surface area contributed by atoms with Crippen LogP contribution in [0.1, 0.15) is 24.0 Å². The molecular formula is C19H23N3. The van der Waals surface area contributed by atoms with Crippen LogP contribution in [0.25, 0.3) is 0 Å². The summed E-state index contributed by atoms with van der Waals surface area (Å²) in [7, 11) is 0. The van der Waals surface area contributed by atoms with Crippen molar-refractivity contribution >= 4 is 0 Å². The van der Waals surface area contributed by atoms with Gasteiger partial charge in [0.2, 0.25) is 0 Å². The molecule has 1 saturated heterocycles. The molecule has 3 nitrogen and oxygen atoms in total. The minimum Gasteiger partial charge on any atom is -0.298 e. The lowest BCUT2D eigenvalue weighted by Gasteiger charge is -2.18. The molecule has 2 atom stereocenters. The second-order valence-electron chi connectivity index (χ2n) is 6.68. The lowest BCUT2D eigenvalue weighted by molar-refractivity contribution is 0.314. The lowest BCUT2D eigenvalue weighted by atomic mass is 9.86. The van der Waals surface area contributed by atoms with Crippen molar-refractivity contribution in [2.75, 3.05) is 13.1 Å². The Morgan fingerprint density at radius 2 is 1.55 bits per heavy atom. The Balaban J connectivity index is 1.35. The van der Waals surface area contributed by atoms with E-state index in [1.807, 2.05) is 23.1 Å². The standard InChI is InChI=1S/C19H23N3/c1-2-5-19-15-21(14-18(19)4-1)12-16-6-8-17(9-7-16)13-22-11-3-10-20-22/h1-3,6-11,18-19H,4-5,12-15H2/t18-,19+. The van der Waals surface area contributed by atoms with Gasteiger partial charge in [-0.05, 0) is 41.9 Å². The average Bonchev–Trinajstić information content (AvgIpc) is 3.18. The third-order valence-corrected chi connectivity index (χ3v) is 5.03. The topological polar surface area (TPSA) is 21.1 Å². The Hall–Kier alpha value is -1.87. The van der Waals surface area contributed by atoms with Crippen LogP contribution in [0.5, 0.6) is 0 Å². The molecule has 1 fully saturated rings. The monoisotopic (exact) mass is 293 g/mol. The first-order valence-electron chi connectivity index (χ1n) is 8.29. The molecule has 0 N–H and O–H groups in total. The van der Waals surface area contributed by atoms with Gasteiger partial charge in [0.1, 0.15) is 0 Å². The number of allylic oxidation sites excluding steroid dienone is 2. The normalized spacial score (nSPS) is 24.5. The van der Waals surface area contributed by atoms with E-state index >= 15 is 0 Å². The van der Waals surface area contributed by atoms with Crippen LogP contribution < -0.4 is 0 Å². The van der Waals surface area contributed by atoms with Crippen molar-refractivity contribution in [2.45, 2.75) is 25.9 Å². The van der Waals surface area contributed by atoms with Gasteiger partial charge in [0.25, 0.3) is 0 Å². The zero-order valence-electron chi connectivity index (χ0n) is 12.9. The van der Waals surface area contributed by atoms with Gasteiger partial charge in [0.15, 0.2) is 0 Å². The molecule has 1 aromatic heterocycles. The highest BCUT2D eigenvalue weighted by molar-refractivity contribution is 5.23. The summed E-state index contributed by atoms with van der Waals surface area (Å²) in [5.41, 5.74) is 2.74. The van der Waals surface area contributed by atoms with Crippen molar-refractivity contribution in [1.29, 1.82) is 0 Å². The molecule has 114 valence electrons. The lowest BCUT2D eigenvalue weighted by Crippen LogP contribution is -2.20. The Labute approximate surface area is 132 Å². The van der Waals surface area contributed by atoms with E-state index in [0.29, 0.717) is 0 Å². The highest BCUT2D eigenvalue weighted by atomic mass is 15.3. The van der Waals surface area contributed by atoms with Gasteiger partial charge in [0.05, 0.1) is 6.54 Å². The quantitative estimate of drug-likeness (QED) is 0.806. The Morgan fingerprint density at radius 3 is 2.14 bits per heavy atom. The van der Waals surface area contributed by atoms with Gasteiger partial charge in [0, 0.05) is 32.0 Å². The van der Waals surface area contributed by atoms with Gasteiger partial charge < -0.3 is 0 Å². The first-order chi connectivity index (χ1) is 10.9. The van der Waals surface area contributed by atoms with E-state index in [2.05, 4.69) is 46.4 Å². The molecule has 0 spiro atoms. The van der Waals surface area contributed by atoms with Gasteiger partial charge >= 0.3 is 0 Å². The van der Waals surface area contributed by atoms with Crippen LogP contribution in [0, 0.1) is 11.8 Å². The van der Waals surface area contributed by atoms with E-state index in [1.54, 1.807) is 0 Å². The molecule has 0 amide bonds. The van der Waals surface area contributed by atoms with Gasteiger partial charge in [-0.2, -0.15) is 5.10 Å². The minimum atomic E-state index is 0.854. The molecule has 1 aromatic carbocycles. The molecule has 22 heavy (non-hydrogen) atoms. The average molecular weight is 293 g/mol. The molecule has 2 heterocycles. The number of hydrogen-bond donors (Lipinski definition) is 0. The molecule has 4 rings (SSSR count). The van der Waals surface area contributed by atoms with Crippen LogP contribution in [0.15, 0.2) is 54.9 Å². The molecule has 0 unspecified atom stereocenters. The van der Waals surface area contributed by atoms with Crippen LogP contribution in [-0.2, 0) is 13.1 Å². The van der Waals surface area contributed by atoms with Gasteiger partial charge in [-0.25, -0.2) is 0 Å². The van der Waals surface area contributed by atoms with Crippen LogP contribution in [0.4, 0.5) is 0 Å². The third kappa shape index (κ3) is 3.00. The molecule has 1 aliphatic heterocycles. The molecular weight excluding hydrogens is 270 g/mol. The molecule has 2 aromatic rings. The van der Waals surface area contributed by atoms with Crippen molar-refractivity contribution in [3.63, 3.8) is 0 Å². The Morgan fingerprint density at radius 1 is 0.909 bits per heavy atom. The van der Waals surface area contributed by atoms with Crippen molar-refractivity contribution in [1.82, 2.24) is 14.7 Å². The van der Waals surface area contributed by atoms with Crippen molar-refractivity contribution in [3.8, 4) is 0 Å². The fourth-order valence-electron chi connectivity index (χ4n) is 3.83. The van der Waals surface area contributed by atoms with Crippen molar-refractivity contribution in [3.05, 3.63) is 66.0 Å². The summed E-state index contributed by atoms with van der Waals surface area (Å²) >= 11 is 0. The second-order valence-corrected chi connectivity index (χ2v) is 6.68. The summed E-state index contributed by atoms with van der Waals surface area (Å²) in [6, 6.07) is 11.0.